The Morgan fingerprint density at radius 3 is 3.14 bits per heavy atom. The molecule has 0 aromatic carbocycles. The number of nitrogens with two attached hydrogens (primary N) is 1. The standard InChI is InChI=1S/C8H11N3O2S/c1-4-6(5(9)7(12)13)11-2-3-14-8(11)10-4/h5H,2-3,9H2,1H3,(H,12,13). The van der Waals surface area contributed by atoms with Crippen molar-refractivity contribution in [3.8, 4) is 0 Å². The van der Waals surface area contributed by atoms with Crippen LogP contribution in [0.5, 0.6) is 0 Å². The van der Waals surface area contributed by atoms with Crippen LogP contribution in [-0.2, 0) is 11.3 Å². The molecule has 5 nitrogen and oxygen atoms in total. The van der Waals surface area contributed by atoms with Gasteiger partial charge in [-0.1, -0.05) is 11.8 Å². The average Bonchev–Trinajstić information content (AvgIpc) is 2.62. The van der Waals surface area contributed by atoms with Gasteiger partial charge in [0.05, 0.1) is 11.4 Å². The summed E-state index contributed by atoms with van der Waals surface area (Å²) in [5, 5.41) is 9.72. The number of hydrogen-bond acceptors (Lipinski definition) is 4. The fourth-order valence-corrected chi connectivity index (χ4v) is 2.63. The number of fused-ring (bicyclic) bond motifs is 1. The molecule has 1 unspecified atom stereocenters. The number of aliphatic carboxylic acids is 1. The maximum atomic E-state index is 10.8. The predicted molar refractivity (Wildman–Crippen MR) is 52.3 cm³/mol. The lowest BCUT2D eigenvalue weighted by atomic mass is 10.2. The van der Waals surface area contributed by atoms with Gasteiger partial charge in [-0.2, -0.15) is 0 Å². The number of nitrogens with zero attached hydrogens (tertiary/aromatic N) is 2. The van der Waals surface area contributed by atoms with Crippen LogP contribution in [0.3, 0.4) is 0 Å². The average molecular weight is 213 g/mol. The van der Waals surface area contributed by atoms with E-state index >= 15 is 0 Å². The number of carboxylic acids is 1. The van der Waals surface area contributed by atoms with Gasteiger partial charge < -0.3 is 15.4 Å². The molecule has 0 aliphatic carbocycles. The second kappa shape index (κ2) is 3.29. The Balaban J connectivity index is 2.46. The normalized spacial score (nSPS) is 16.7. The number of hydrogen-bond donors (Lipinski definition) is 2. The Bertz CT molecular complexity index is 388. The first kappa shape index (κ1) is 9.54. The lowest BCUT2D eigenvalue weighted by Gasteiger charge is -2.09. The van der Waals surface area contributed by atoms with Crippen LogP contribution in [0.25, 0.3) is 0 Å². The maximum absolute atomic E-state index is 10.8. The van der Waals surface area contributed by atoms with Crippen LogP contribution in [0, 0.1) is 6.92 Å². The molecule has 2 rings (SSSR count). The van der Waals surface area contributed by atoms with Crippen LogP contribution in [0.15, 0.2) is 5.16 Å². The lowest BCUT2D eigenvalue weighted by molar-refractivity contribution is -0.138. The van der Waals surface area contributed by atoms with E-state index in [1.54, 1.807) is 18.7 Å². The number of thioether (sulfide) groups is 1. The van der Waals surface area contributed by atoms with Gasteiger partial charge in [-0.05, 0) is 6.92 Å². The highest BCUT2D eigenvalue weighted by molar-refractivity contribution is 7.99. The van der Waals surface area contributed by atoms with Crippen LogP contribution in [0.4, 0.5) is 0 Å². The number of rotatable bonds is 2. The molecule has 1 atom stereocenters. The molecule has 1 aromatic heterocycles. The summed E-state index contributed by atoms with van der Waals surface area (Å²) in [6.07, 6.45) is 0. The summed E-state index contributed by atoms with van der Waals surface area (Å²) in [5.74, 6) is -0.0604. The van der Waals surface area contributed by atoms with Crippen molar-refractivity contribution < 1.29 is 9.90 Å². The summed E-state index contributed by atoms with van der Waals surface area (Å²) >= 11 is 1.64. The molecule has 0 radical (unpaired) electrons. The second-order valence-corrected chi connectivity index (χ2v) is 4.24. The third kappa shape index (κ3) is 1.31. The van der Waals surface area contributed by atoms with Crippen molar-refractivity contribution in [1.82, 2.24) is 9.55 Å². The summed E-state index contributed by atoms with van der Waals surface area (Å²) in [6, 6.07) is -0.963. The number of aromatic nitrogens is 2. The summed E-state index contributed by atoms with van der Waals surface area (Å²) in [7, 11) is 0. The Labute approximate surface area is 85.3 Å². The van der Waals surface area contributed by atoms with Gasteiger partial charge in [-0.15, -0.1) is 0 Å². The van der Waals surface area contributed by atoms with Crippen molar-refractivity contribution in [1.29, 1.82) is 0 Å². The molecule has 6 heteroatoms. The highest BCUT2D eigenvalue weighted by atomic mass is 32.2. The van der Waals surface area contributed by atoms with Crippen LogP contribution >= 0.6 is 11.8 Å². The van der Waals surface area contributed by atoms with Gasteiger partial charge in [0.1, 0.15) is 6.04 Å². The van der Waals surface area contributed by atoms with Gasteiger partial charge in [0.2, 0.25) is 0 Å². The maximum Gasteiger partial charge on any atom is 0.326 e. The molecular weight excluding hydrogens is 202 g/mol. The summed E-state index contributed by atoms with van der Waals surface area (Å²) in [5.41, 5.74) is 6.95. The van der Waals surface area contributed by atoms with Gasteiger partial charge in [0.15, 0.2) is 5.16 Å². The lowest BCUT2D eigenvalue weighted by Crippen LogP contribution is -2.24. The molecule has 0 amide bonds. The van der Waals surface area contributed by atoms with Crippen LogP contribution < -0.4 is 5.73 Å². The van der Waals surface area contributed by atoms with E-state index in [9.17, 15) is 4.79 Å². The molecule has 3 N–H and O–H groups in total. The highest BCUT2D eigenvalue weighted by Crippen LogP contribution is 2.30. The molecule has 1 aliphatic rings. The van der Waals surface area contributed by atoms with E-state index < -0.39 is 12.0 Å². The fourth-order valence-electron chi connectivity index (χ4n) is 1.62. The second-order valence-electron chi connectivity index (χ2n) is 3.18. The predicted octanol–water partition coefficient (Wildman–Crippen LogP) is 0.382. The van der Waals surface area contributed by atoms with E-state index in [0.717, 1.165) is 23.1 Å². The molecular formula is C8H11N3O2S. The number of imidazole rings is 1. The Morgan fingerprint density at radius 1 is 1.79 bits per heavy atom. The van der Waals surface area contributed by atoms with Crippen molar-refractivity contribution in [2.75, 3.05) is 5.75 Å². The third-order valence-corrected chi connectivity index (χ3v) is 3.22. The minimum Gasteiger partial charge on any atom is -0.480 e. The van der Waals surface area contributed by atoms with Crippen LogP contribution in [-0.4, -0.2) is 26.4 Å². The minimum absolute atomic E-state index is 0.637. The number of carbonyl (C=O) groups is 1. The molecule has 0 saturated carbocycles. The monoisotopic (exact) mass is 213 g/mol. The van der Waals surface area contributed by atoms with Crippen molar-refractivity contribution >= 4 is 17.7 Å². The molecule has 14 heavy (non-hydrogen) atoms. The zero-order valence-electron chi connectivity index (χ0n) is 7.73. The zero-order chi connectivity index (χ0) is 10.3. The Morgan fingerprint density at radius 2 is 2.50 bits per heavy atom. The van der Waals surface area contributed by atoms with E-state index in [-0.39, 0.29) is 0 Å². The molecule has 0 spiro atoms. The summed E-state index contributed by atoms with van der Waals surface area (Å²) < 4.78 is 1.90. The van der Waals surface area contributed by atoms with Gasteiger partial charge >= 0.3 is 5.97 Å². The quantitative estimate of drug-likeness (QED) is 0.742. The topological polar surface area (TPSA) is 81.1 Å². The zero-order valence-corrected chi connectivity index (χ0v) is 8.54. The van der Waals surface area contributed by atoms with Crippen LogP contribution in [0.2, 0.25) is 0 Å². The first-order chi connectivity index (χ1) is 6.61. The highest BCUT2D eigenvalue weighted by Gasteiger charge is 2.27. The first-order valence-corrected chi connectivity index (χ1v) is 5.28. The number of aryl methyl sites for hydroxylation is 1. The molecule has 0 saturated heterocycles. The van der Waals surface area contributed by atoms with E-state index in [1.165, 1.54) is 0 Å². The minimum atomic E-state index is -1.01. The van der Waals surface area contributed by atoms with E-state index in [0.29, 0.717) is 5.69 Å². The van der Waals surface area contributed by atoms with E-state index in [4.69, 9.17) is 10.8 Å². The van der Waals surface area contributed by atoms with Gasteiger partial charge in [-0.3, -0.25) is 4.79 Å². The Kier molecular flexibility index (Phi) is 2.24. The van der Waals surface area contributed by atoms with Crippen molar-refractivity contribution in [2.24, 2.45) is 5.73 Å². The fraction of sp³-hybridized carbons (Fsp3) is 0.500. The molecule has 1 aromatic rings. The van der Waals surface area contributed by atoms with Gasteiger partial charge in [0.25, 0.3) is 0 Å². The molecule has 76 valence electrons. The van der Waals surface area contributed by atoms with E-state index in [1.807, 2.05) is 4.57 Å². The molecule has 2 heterocycles. The molecule has 0 fully saturated rings. The smallest absolute Gasteiger partial charge is 0.326 e. The van der Waals surface area contributed by atoms with Gasteiger partial charge in [-0.25, -0.2) is 4.98 Å². The van der Waals surface area contributed by atoms with E-state index in [2.05, 4.69) is 4.98 Å². The van der Waals surface area contributed by atoms with Crippen molar-refractivity contribution in [3.05, 3.63) is 11.4 Å². The Hall–Kier alpha value is -1.01. The van der Waals surface area contributed by atoms with Crippen LogP contribution in [0.1, 0.15) is 17.4 Å². The molecule has 1 aliphatic heterocycles. The van der Waals surface area contributed by atoms with Crippen molar-refractivity contribution in [2.45, 2.75) is 24.7 Å². The van der Waals surface area contributed by atoms with Crippen molar-refractivity contribution in [3.63, 3.8) is 0 Å². The SMILES string of the molecule is Cc1nc2n(c1C(N)C(=O)O)CCS2. The van der Waals surface area contributed by atoms with Gasteiger partial charge in [0, 0.05) is 12.3 Å². The largest absolute Gasteiger partial charge is 0.480 e. The first-order valence-electron chi connectivity index (χ1n) is 4.29. The number of carboxylic acid groups (broad SMARTS) is 1. The summed E-state index contributed by atoms with van der Waals surface area (Å²) in [4.78, 5) is 15.1. The third-order valence-electron chi connectivity index (χ3n) is 2.26. The summed E-state index contributed by atoms with van der Waals surface area (Å²) in [6.45, 7) is 2.60. The molecule has 0 bridgehead atoms.